The molecule has 9 aromatic carbocycles. The molecule has 0 bridgehead atoms. The van der Waals surface area contributed by atoms with Crippen molar-refractivity contribution in [3.63, 3.8) is 0 Å². The van der Waals surface area contributed by atoms with Crippen LogP contribution in [0, 0.1) is 0 Å². The number of furan rings is 1. The Labute approximate surface area is 349 Å². The number of para-hydroxylation sites is 2. The van der Waals surface area contributed by atoms with Crippen molar-refractivity contribution >= 4 is 76.3 Å². The van der Waals surface area contributed by atoms with Gasteiger partial charge in [0.25, 0.3) is 0 Å². The van der Waals surface area contributed by atoms with Crippen LogP contribution in [0.25, 0.3) is 122 Å². The van der Waals surface area contributed by atoms with E-state index in [-0.39, 0.29) is 0 Å². The third kappa shape index (κ3) is 5.12. The van der Waals surface area contributed by atoms with Crippen LogP contribution in [0.1, 0.15) is 0 Å². The number of hydrogen-bond acceptors (Lipinski definition) is 4. The molecule has 0 unspecified atom stereocenters. The highest BCUT2D eigenvalue weighted by Gasteiger charge is 2.22. The first-order valence-electron chi connectivity index (χ1n) is 20.5. The van der Waals surface area contributed by atoms with Gasteiger partial charge in [0.1, 0.15) is 11.2 Å². The van der Waals surface area contributed by atoms with Crippen LogP contribution in [-0.4, -0.2) is 24.1 Å². The molecule has 4 heterocycles. The van der Waals surface area contributed by atoms with Crippen LogP contribution in [0.5, 0.6) is 0 Å². The van der Waals surface area contributed by atoms with Crippen molar-refractivity contribution < 1.29 is 4.42 Å². The highest BCUT2D eigenvalue weighted by Crippen LogP contribution is 2.43. The van der Waals surface area contributed by atoms with E-state index in [0.29, 0.717) is 17.5 Å². The molecule has 0 N–H and O–H groups in total. The molecule has 0 radical (unpaired) electrons. The van der Waals surface area contributed by atoms with Crippen molar-refractivity contribution in [3.05, 3.63) is 200 Å². The van der Waals surface area contributed by atoms with E-state index >= 15 is 0 Å². The van der Waals surface area contributed by atoms with Gasteiger partial charge in [-0.1, -0.05) is 140 Å². The molecule has 0 amide bonds. The molecule has 0 atom stereocenters. The number of fused-ring (bicyclic) bond motifs is 11. The Kier molecular flexibility index (Phi) is 7.21. The molecule has 0 aliphatic rings. The minimum Gasteiger partial charge on any atom is -0.456 e. The molecule has 0 saturated carbocycles. The molecule has 284 valence electrons. The molecule has 0 aliphatic carbocycles. The van der Waals surface area contributed by atoms with E-state index in [1.807, 2.05) is 72.8 Å². The molecule has 6 heteroatoms. The predicted octanol–water partition coefficient (Wildman–Crippen LogP) is 14.1. The Bertz CT molecular complexity index is 3810. The maximum absolute atomic E-state index is 6.78. The summed E-state index contributed by atoms with van der Waals surface area (Å²) in [6.45, 7) is 0. The monoisotopic (exact) mass is 779 g/mol. The van der Waals surface area contributed by atoms with E-state index in [2.05, 4.69) is 137 Å². The number of nitrogens with zero attached hydrogens (tertiary/aromatic N) is 5. The molecule has 0 saturated heterocycles. The van der Waals surface area contributed by atoms with Crippen molar-refractivity contribution in [2.45, 2.75) is 0 Å². The summed E-state index contributed by atoms with van der Waals surface area (Å²) in [5.74, 6) is 1.84. The molecule has 4 aromatic heterocycles. The predicted molar refractivity (Wildman–Crippen MR) is 250 cm³/mol. The van der Waals surface area contributed by atoms with Crippen LogP contribution >= 0.6 is 0 Å². The fourth-order valence-electron chi connectivity index (χ4n) is 9.45. The van der Waals surface area contributed by atoms with Gasteiger partial charge in [0.2, 0.25) is 0 Å². The first-order chi connectivity index (χ1) is 30.2. The Balaban J connectivity index is 1.06. The minimum atomic E-state index is 0.595. The lowest BCUT2D eigenvalue weighted by Gasteiger charge is -2.10. The summed E-state index contributed by atoms with van der Waals surface area (Å²) in [6.07, 6.45) is 0. The van der Waals surface area contributed by atoms with Gasteiger partial charge in [-0.25, -0.2) is 15.0 Å². The number of benzene rings is 9. The largest absolute Gasteiger partial charge is 0.456 e. The van der Waals surface area contributed by atoms with Gasteiger partial charge in [-0.05, 0) is 65.4 Å². The van der Waals surface area contributed by atoms with Crippen molar-refractivity contribution in [2.24, 2.45) is 0 Å². The molecule has 0 spiro atoms. The molecule has 0 fully saturated rings. The summed E-state index contributed by atoms with van der Waals surface area (Å²) in [6, 6.07) is 70.3. The summed E-state index contributed by atoms with van der Waals surface area (Å²) >= 11 is 0. The molecule has 61 heavy (non-hydrogen) atoms. The average Bonchev–Trinajstić information content (AvgIpc) is 3.98. The first kappa shape index (κ1) is 33.6. The van der Waals surface area contributed by atoms with Crippen LogP contribution in [-0.2, 0) is 0 Å². The smallest absolute Gasteiger partial charge is 0.164 e. The van der Waals surface area contributed by atoms with E-state index in [0.717, 1.165) is 66.6 Å². The zero-order valence-electron chi connectivity index (χ0n) is 32.7. The summed E-state index contributed by atoms with van der Waals surface area (Å²) in [5, 5.41) is 9.30. The van der Waals surface area contributed by atoms with Crippen LogP contribution < -0.4 is 0 Å². The third-order valence-electron chi connectivity index (χ3n) is 12.1. The van der Waals surface area contributed by atoms with Gasteiger partial charge < -0.3 is 13.6 Å². The highest BCUT2D eigenvalue weighted by molar-refractivity contribution is 6.25. The Morgan fingerprint density at radius 1 is 0.328 bits per heavy atom. The lowest BCUT2D eigenvalue weighted by molar-refractivity contribution is 0.668. The summed E-state index contributed by atoms with van der Waals surface area (Å²) in [7, 11) is 0. The fraction of sp³-hybridized carbons (Fsp3) is 0. The minimum absolute atomic E-state index is 0.595. The second-order valence-electron chi connectivity index (χ2n) is 15.6. The van der Waals surface area contributed by atoms with Gasteiger partial charge in [-0.15, -0.1) is 0 Å². The SMILES string of the molecule is c1ccc(-c2nc(-c3ccccc3)nc(-c3cccc4oc5cc(-n6c7cc8c(cc7c7c9ccccc9ccc76)c6ccccc6n8-c6ccccc6)ccc5c34)n2)cc1. The van der Waals surface area contributed by atoms with Crippen molar-refractivity contribution in [1.82, 2.24) is 24.1 Å². The summed E-state index contributed by atoms with van der Waals surface area (Å²) in [4.78, 5) is 15.1. The van der Waals surface area contributed by atoms with E-state index < -0.39 is 0 Å². The molecule has 13 aromatic rings. The summed E-state index contributed by atoms with van der Waals surface area (Å²) < 4.78 is 11.6. The molecule has 13 rings (SSSR count). The number of rotatable bonds is 5. The van der Waals surface area contributed by atoms with E-state index in [9.17, 15) is 0 Å². The zero-order chi connectivity index (χ0) is 40.0. The van der Waals surface area contributed by atoms with Crippen molar-refractivity contribution in [3.8, 4) is 45.5 Å². The summed E-state index contributed by atoms with van der Waals surface area (Å²) in [5.41, 5.74) is 11.1. The Morgan fingerprint density at radius 2 is 0.967 bits per heavy atom. The van der Waals surface area contributed by atoms with E-state index in [4.69, 9.17) is 19.4 Å². The van der Waals surface area contributed by atoms with Crippen molar-refractivity contribution in [1.29, 1.82) is 0 Å². The highest BCUT2D eigenvalue weighted by atomic mass is 16.3. The molecular weight excluding hydrogens is 747 g/mol. The van der Waals surface area contributed by atoms with Gasteiger partial charge in [0.15, 0.2) is 17.5 Å². The first-order valence-corrected chi connectivity index (χ1v) is 20.5. The molecular formula is C55H33N5O. The maximum atomic E-state index is 6.78. The standard InChI is InChI=1S/C55H33N5O/c1-4-16-35(17-5-1)53-56-54(36-18-6-2-7-19-36)58-55(57-53)42-24-14-26-49-52(42)41-29-28-38(31-50(41)61-49)60-46-30-27-34-15-10-11-22-39(34)51(46)44-32-43-40-23-12-13-25-45(40)59(47(43)33-48(44)60)37-20-8-3-9-21-37/h1-33H. The maximum Gasteiger partial charge on any atom is 0.164 e. The van der Waals surface area contributed by atoms with Crippen LogP contribution in [0.3, 0.4) is 0 Å². The van der Waals surface area contributed by atoms with Gasteiger partial charge >= 0.3 is 0 Å². The van der Waals surface area contributed by atoms with Gasteiger partial charge in [-0.2, -0.15) is 0 Å². The number of hydrogen-bond donors (Lipinski definition) is 0. The second kappa shape index (κ2) is 13.1. The third-order valence-corrected chi connectivity index (χ3v) is 12.1. The van der Waals surface area contributed by atoms with E-state index in [1.54, 1.807) is 0 Å². The Morgan fingerprint density at radius 3 is 1.74 bits per heavy atom. The number of aromatic nitrogens is 5. The lowest BCUT2D eigenvalue weighted by atomic mass is 10.0. The van der Waals surface area contributed by atoms with Gasteiger partial charge in [-0.3, -0.25) is 0 Å². The van der Waals surface area contributed by atoms with Crippen LogP contribution in [0.15, 0.2) is 205 Å². The lowest BCUT2D eigenvalue weighted by Crippen LogP contribution is -2.00. The quantitative estimate of drug-likeness (QED) is 0.175. The zero-order valence-corrected chi connectivity index (χ0v) is 32.7. The van der Waals surface area contributed by atoms with E-state index in [1.165, 1.54) is 37.8 Å². The van der Waals surface area contributed by atoms with Crippen LogP contribution in [0.2, 0.25) is 0 Å². The Hall–Kier alpha value is -8.35. The normalized spacial score (nSPS) is 11.9. The molecule has 0 aliphatic heterocycles. The van der Waals surface area contributed by atoms with Crippen molar-refractivity contribution in [2.75, 3.05) is 0 Å². The topological polar surface area (TPSA) is 61.7 Å². The van der Waals surface area contributed by atoms with Gasteiger partial charge in [0, 0.05) is 66.4 Å². The van der Waals surface area contributed by atoms with Crippen LogP contribution in [0.4, 0.5) is 0 Å². The fourth-order valence-corrected chi connectivity index (χ4v) is 9.45. The average molecular weight is 780 g/mol. The molecule has 6 nitrogen and oxygen atoms in total. The van der Waals surface area contributed by atoms with Gasteiger partial charge in [0.05, 0.1) is 22.1 Å². The second-order valence-corrected chi connectivity index (χ2v) is 15.6.